The molecule has 0 radical (unpaired) electrons. The number of rotatable bonds is 10. The Labute approximate surface area is 222 Å². The monoisotopic (exact) mass is 500 g/mol. The van der Waals surface area contributed by atoms with Crippen molar-refractivity contribution in [2.45, 2.75) is 155 Å². The molecule has 2 aliphatic heterocycles. The van der Waals surface area contributed by atoms with Crippen LogP contribution in [0, 0.1) is 11.8 Å². The van der Waals surface area contributed by atoms with E-state index in [0.717, 1.165) is 38.5 Å². The van der Waals surface area contributed by atoms with Gasteiger partial charge in [-0.1, -0.05) is 65.8 Å². The molecule has 2 fully saturated rings. The van der Waals surface area contributed by atoms with E-state index in [2.05, 4.69) is 104 Å². The summed E-state index contributed by atoms with van der Waals surface area (Å²) in [5.41, 5.74) is 2.99. The molecule has 3 rings (SSSR count). The van der Waals surface area contributed by atoms with E-state index in [9.17, 15) is 0 Å². The zero-order valence-electron chi connectivity index (χ0n) is 25.1. The first-order valence-electron chi connectivity index (χ1n) is 14.7. The zero-order chi connectivity index (χ0) is 26.8. The van der Waals surface area contributed by atoms with Gasteiger partial charge in [-0.3, -0.25) is 0 Å². The maximum absolute atomic E-state index is 6.58. The molecule has 0 saturated carbocycles. The highest BCUT2D eigenvalue weighted by atomic mass is 16.5. The van der Waals surface area contributed by atoms with E-state index in [0.29, 0.717) is 25.0 Å². The van der Waals surface area contributed by atoms with Crippen LogP contribution in [-0.2, 0) is 22.7 Å². The molecule has 2 saturated heterocycles. The van der Waals surface area contributed by atoms with Crippen molar-refractivity contribution < 1.29 is 9.47 Å². The lowest BCUT2D eigenvalue weighted by molar-refractivity contribution is -0.0800. The summed E-state index contributed by atoms with van der Waals surface area (Å²) in [5, 5.41) is 7.91. The summed E-state index contributed by atoms with van der Waals surface area (Å²) in [4.78, 5) is 0. The Morgan fingerprint density at radius 1 is 0.639 bits per heavy atom. The lowest BCUT2D eigenvalue weighted by Gasteiger charge is -2.53. The van der Waals surface area contributed by atoms with Crippen LogP contribution < -0.4 is 10.6 Å². The fourth-order valence-electron chi connectivity index (χ4n) is 6.60. The van der Waals surface area contributed by atoms with E-state index in [4.69, 9.17) is 9.47 Å². The van der Waals surface area contributed by atoms with Gasteiger partial charge in [-0.2, -0.15) is 0 Å². The maximum atomic E-state index is 6.58. The van der Waals surface area contributed by atoms with Crippen molar-refractivity contribution >= 4 is 0 Å². The van der Waals surface area contributed by atoms with Crippen molar-refractivity contribution in [3.8, 4) is 0 Å². The van der Waals surface area contributed by atoms with Gasteiger partial charge in [0.15, 0.2) is 0 Å². The van der Waals surface area contributed by atoms with Gasteiger partial charge in [-0.25, -0.2) is 0 Å². The zero-order valence-corrected chi connectivity index (χ0v) is 25.1. The van der Waals surface area contributed by atoms with Gasteiger partial charge < -0.3 is 20.1 Å². The molecule has 8 atom stereocenters. The third-order valence-corrected chi connectivity index (χ3v) is 10.6. The van der Waals surface area contributed by atoms with Crippen LogP contribution in [0.2, 0.25) is 0 Å². The highest BCUT2D eigenvalue weighted by Gasteiger charge is 2.47. The standard InChI is InChI=1S/C32H56N2O2/c1-11-29(7)19-27(23(5)31(9,13-3)33-29)35-21-25-15-17-26(18-16-25)22-36-28-20-30(8,12-2)34-32(10,14-4)24(28)6/h15-18,23-24,27-28,33-34H,11-14,19-22H2,1-10H3. The van der Waals surface area contributed by atoms with Crippen molar-refractivity contribution in [1.29, 1.82) is 0 Å². The van der Waals surface area contributed by atoms with E-state index in [1.54, 1.807) is 0 Å². The summed E-state index contributed by atoms with van der Waals surface area (Å²) in [6.07, 6.45) is 7.13. The van der Waals surface area contributed by atoms with E-state index >= 15 is 0 Å². The number of ether oxygens (including phenoxy) is 2. The molecule has 0 aromatic heterocycles. The Kier molecular flexibility index (Phi) is 9.41. The molecule has 8 unspecified atom stereocenters. The van der Waals surface area contributed by atoms with Crippen molar-refractivity contribution in [1.82, 2.24) is 10.6 Å². The Bertz CT molecular complexity index is 774. The van der Waals surface area contributed by atoms with Gasteiger partial charge in [0.1, 0.15) is 0 Å². The van der Waals surface area contributed by atoms with Gasteiger partial charge in [-0.15, -0.1) is 0 Å². The molecule has 0 bridgehead atoms. The van der Waals surface area contributed by atoms with E-state index in [1.807, 2.05) is 0 Å². The van der Waals surface area contributed by atoms with Crippen molar-refractivity contribution in [3.05, 3.63) is 35.4 Å². The second-order valence-corrected chi connectivity index (χ2v) is 13.1. The first-order chi connectivity index (χ1) is 16.8. The van der Waals surface area contributed by atoms with Gasteiger partial charge in [-0.05, 0) is 77.3 Å². The fraction of sp³-hybridized carbons (Fsp3) is 0.812. The van der Waals surface area contributed by atoms with Crippen LogP contribution in [0.3, 0.4) is 0 Å². The maximum Gasteiger partial charge on any atom is 0.0720 e. The molecule has 2 heterocycles. The van der Waals surface area contributed by atoms with Crippen LogP contribution in [0.5, 0.6) is 0 Å². The SMILES string of the molecule is CCC1(C)CC(OCc2ccc(COC3CC(C)(CC)NC(C)(CC)C3C)cc2)C(C)C(C)(CC)N1. The quantitative estimate of drug-likeness (QED) is 0.351. The van der Waals surface area contributed by atoms with Crippen molar-refractivity contribution in [3.63, 3.8) is 0 Å². The number of hydrogen-bond donors (Lipinski definition) is 2. The molecule has 2 N–H and O–H groups in total. The minimum atomic E-state index is 0.113. The molecule has 206 valence electrons. The van der Waals surface area contributed by atoms with E-state index < -0.39 is 0 Å². The third-order valence-electron chi connectivity index (χ3n) is 10.6. The van der Waals surface area contributed by atoms with Gasteiger partial charge in [0.25, 0.3) is 0 Å². The lowest BCUT2D eigenvalue weighted by atomic mass is 9.70. The van der Waals surface area contributed by atoms with Crippen LogP contribution >= 0.6 is 0 Å². The van der Waals surface area contributed by atoms with Gasteiger partial charge in [0.2, 0.25) is 0 Å². The number of piperidine rings is 2. The third kappa shape index (κ3) is 6.37. The first kappa shape index (κ1) is 29.6. The van der Waals surface area contributed by atoms with Gasteiger partial charge in [0, 0.05) is 34.0 Å². The Morgan fingerprint density at radius 3 is 1.25 bits per heavy atom. The lowest BCUT2D eigenvalue weighted by Crippen LogP contribution is -2.66. The average molecular weight is 501 g/mol. The van der Waals surface area contributed by atoms with Crippen LogP contribution in [0.15, 0.2) is 24.3 Å². The molecule has 2 aliphatic rings. The predicted octanol–water partition coefficient (Wildman–Crippen LogP) is 7.39. The van der Waals surface area contributed by atoms with Crippen LogP contribution in [0.1, 0.15) is 119 Å². The molecule has 36 heavy (non-hydrogen) atoms. The second kappa shape index (κ2) is 11.4. The minimum absolute atomic E-state index is 0.113. The van der Waals surface area contributed by atoms with Gasteiger partial charge >= 0.3 is 0 Å². The van der Waals surface area contributed by atoms with Crippen LogP contribution in [0.4, 0.5) is 0 Å². The fourth-order valence-corrected chi connectivity index (χ4v) is 6.60. The topological polar surface area (TPSA) is 42.5 Å². The Morgan fingerprint density at radius 2 is 0.972 bits per heavy atom. The smallest absolute Gasteiger partial charge is 0.0720 e. The number of hydrogen-bond acceptors (Lipinski definition) is 4. The van der Waals surface area contributed by atoms with E-state index in [1.165, 1.54) is 11.1 Å². The van der Waals surface area contributed by atoms with E-state index in [-0.39, 0.29) is 34.4 Å². The molecule has 0 amide bonds. The number of benzene rings is 1. The normalized spacial score (nSPS) is 41.4. The molecule has 0 aliphatic carbocycles. The highest BCUT2D eigenvalue weighted by molar-refractivity contribution is 5.22. The predicted molar refractivity (Wildman–Crippen MR) is 152 cm³/mol. The summed E-state index contributed by atoms with van der Waals surface area (Å²) in [6, 6.07) is 8.89. The molecule has 1 aromatic rings. The summed E-state index contributed by atoms with van der Waals surface area (Å²) >= 11 is 0. The van der Waals surface area contributed by atoms with Crippen molar-refractivity contribution in [2.75, 3.05) is 0 Å². The highest BCUT2D eigenvalue weighted by Crippen LogP contribution is 2.40. The van der Waals surface area contributed by atoms with Crippen LogP contribution in [-0.4, -0.2) is 34.4 Å². The minimum Gasteiger partial charge on any atom is -0.373 e. The average Bonchev–Trinajstić information content (AvgIpc) is 2.87. The molecular weight excluding hydrogens is 444 g/mol. The molecular formula is C32H56N2O2. The van der Waals surface area contributed by atoms with Gasteiger partial charge in [0.05, 0.1) is 25.4 Å². The Balaban J connectivity index is 1.59. The largest absolute Gasteiger partial charge is 0.373 e. The summed E-state index contributed by atoms with van der Waals surface area (Å²) < 4.78 is 13.2. The summed E-state index contributed by atoms with van der Waals surface area (Å²) in [5.74, 6) is 0.953. The first-order valence-corrected chi connectivity index (χ1v) is 14.7. The molecule has 4 heteroatoms. The summed E-state index contributed by atoms with van der Waals surface area (Å²) in [6.45, 7) is 24.6. The Hall–Kier alpha value is -0.940. The molecule has 4 nitrogen and oxygen atoms in total. The molecule has 1 aromatic carbocycles. The number of nitrogens with one attached hydrogen (secondary N) is 2. The summed E-state index contributed by atoms with van der Waals surface area (Å²) in [7, 11) is 0. The van der Waals surface area contributed by atoms with Crippen molar-refractivity contribution in [2.24, 2.45) is 11.8 Å². The van der Waals surface area contributed by atoms with Crippen LogP contribution in [0.25, 0.3) is 0 Å². The molecule has 0 spiro atoms. The second-order valence-electron chi connectivity index (χ2n) is 13.1.